The Morgan fingerprint density at radius 3 is 2.56 bits per heavy atom. The van der Waals surface area contributed by atoms with Crippen LogP contribution < -0.4 is 5.73 Å². The molecule has 1 unspecified atom stereocenters. The van der Waals surface area contributed by atoms with Gasteiger partial charge >= 0.3 is 0 Å². The van der Waals surface area contributed by atoms with Crippen molar-refractivity contribution in [1.82, 2.24) is 0 Å². The van der Waals surface area contributed by atoms with Crippen LogP contribution >= 0.6 is 23.2 Å². The lowest BCUT2D eigenvalue weighted by Crippen LogP contribution is -2.50. The average molecular weight is 284 g/mol. The molecule has 1 aliphatic carbocycles. The number of hydrogen-bond donors (Lipinski definition) is 1. The van der Waals surface area contributed by atoms with E-state index in [0.717, 1.165) is 25.7 Å². The summed E-state index contributed by atoms with van der Waals surface area (Å²) in [6.45, 7) is 3.76. The summed E-state index contributed by atoms with van der Waals surface area (Å²) >= 11 is 12.1. The Labute approximate surface area is 119 Å². The number of benzene rings is 1. The van der Waals surface area contributed by atoms with Gasteiger partial charge in [-0.2, -0.15) is 0 Å². The molecule has 1 fully saturated rings. The minimum Gasteiger partial charge on any atom is -0.327 e. The van der Waals surface area contributed by atoms with E-state index in [1.165, 1.54) is 12.0 Å². The number of allylic oxidation sites excluding steroid dienone is 1. The van der Waals surface area contributed by atoms with Crippen molar-refractivity contribution in [2.24, 2.45) is 5.73 Å². The summed E-state index contributed by atoms with van der Waals surface area (Å²) in [6, 6.07) is 6.10. The molecule has 1 atom stereocenters. The third-order valence-electron chi connectivity index (χ3n) is 4.13. The van der Waals surface area contributed by atoms with Crippen LogP contribution in [0.4, 0.5) is 0 Å². The van der Waals surface area contributed by atoms with Gasteiger partial charge in [-0.05, 0) is 43.4 Å². The first-order valence-electron chi connectivity index (χ1n) is 6.42. The molecule has 0 bridgehead atoms. The predicted octanol–water partition coefficient (Wildman–Crippen LogP) is 4.71. The summed E-state index contributed by atoms with van der Waals surface area (Å²) in [5.74, 6) is 0. The number of nitrogens with two attached hydrogens (primary N) is 1. The summed E-state index contributed by atoms with van der Waals surface area (Å²) in [7, 11) is 0. The Morgan fingerprint density at radius 2 is 2.06 bits per heavy atom. The van der Waals surface area contributed by atoms with Crippen LogP contribution in [-0.4, -0.2) is 6.04 Å². The lowest BCUT2D eigenvalue weighted by molar-refractivity contribution is 0.189. The van der Waals surface area contributed by atoms with Gasteiger partial charge in [-0.1, -0.05) is 41.8 Å². The zero-order valence-electron chi connectivity index (χ0n) is 10.5. The molecule has 1 nitrogen and oxygen atoms in total. The molecular weight excluding hydrogens is 265 g/mol. The lowest BCUT2D eigenvalue weighted by Gasteiger charge is -2.47. The third kappa shape index (κ3) is 2.45. The van der Waals surface area contributed by atoms with Crippen molar-refractivity contribution in [3.63, 3.8) is 0 Å². The molecule has 0 amide bonds. The van der Waals surface area contributed by atoms with E-state index < -0.39 is 0 Å². The van der Waals surface area contributed by atoms with Gasteiger partial charge in [0, 0.05) is 11.5 Å². The largest absolute Gasteiger partial charge is 0.327 e. The molecule has 0 aliphatic heterocycles. The fraction of sp³-hybridized carbons (Fsp3) is 0.467. The van der Waals surface area contributed by atoms with E-state index in [2.05, 4.69) is 12.6 Å². The highest BCUT2D eigenvalue weighted by Gasteiger charge is 2.43. The van der Waals surface area contributed by atoms with Gasteiger partial charge in [-0.3, -0.25) is 0 Å². The average Bonchev–Trinajstić information content (AvgIpc) is 2.29. The second-order valence-corrected chi connectivity index (χ2v) is 5.93. The molecule has 18 heavy (non-hydrogen) atoms. The standard InChI is InChI=1S/C15H19Cl2N/c1-2-3-5-14(18)15(8-4-9-15)11-6-7-12(16)13(17)10-11/h2,6-7,10,14H,1,3-5,8-9,18H2. The number of halogens is 2. The van der Waals surface area contributed by atoms with Crippen molar-refractivity contribution in [2.45, 2.75) is 43.6 Å². The first kappa shape index (κ1) is 13.9. The molecule has 0 radical (unpaired) electrons. The van der Waals surface area contributed by atoms with Gasteiger partial charge in [0.25, 0.3) is 0 Å². The van der Waals surface area contributed by atoms with Crippen molar-refractivity contribution in [1.29, 1.82) is 0 Å². The van der Waals surface area contributed by atoms with Crippen molar-refractivity contribution < 1.29 is 0 Å². The highest BCUT2D eigenvalue weighted by atomic mass is 35.5. The quantitative estimate of drug-likeness (QED) is 0.779. The van der Waals surface area contributed by atoms with Crippen molar-refractivity contribution >= 4 is 23.2 Å². The first-order chi connectivity index (χ1) is 8.60. The summed E-state index contributed by atoms with van der Waals surface area (Å²) in [4.78, 5) is 0. The first-order valence-corrected chi connectivity index (χ1v) is 7.18. The Balaban J connectivity index is 2.25. The highest BCUT2D eigenvalue weighted by Crippen LogP contribution is 2.47. The summed E-state index contributed by atoms with van der Waals surface area (Å²) < 4.78 is 0. The van der Waals surface area contributed by atoms with Crippen LogP contribution in [0, 0.1) is 0 Å². The Kier molecular flexibility index (Phi) is 4.37. The molecule has 2 N–H and O–H groups in total. The van der Waals surface area contributed by atoms with Gasteiger partial charge in [0.1, 0.15) is 0 Å². The molecule has 1 saturated carbocycles. The zero-order valence-corrected chi connectivity index (χ0v) is 12.0. The van der Waals surface area contributed by atoms with Gasteiger partial charge < -0.3 is 5.73 Å². The molecule has 1 aromatic rings. The van der Waals surface area contributed by atoms with E-state index in [4.69, 9.17) is 28.9 Å². The van der Waals surface area contributed by atoms with Gasteiger partial charge in [-0.15, -0.1) is 6.58 Å². The summed E-state index contributed by atoms with van der Waals surface area (Å²) in [5, 5.41) is 1.23. The fourth-order valence-corrected chi connectivity index (χ4v) is 3.11. The smallest absolute Gasteiger partial charge is 0.0595 e. The van der Waals surface area contributed by atoms with Crippen LogP contribution in [0.15, 0.2) is 30.9 Å². The van der Waals surface area contributed by atoms with E-state index in [1.807, 2.05) is 18.2 Å². The van der Waals surface area contributed by atoms with Crippen LogP contribution in [0.2, 0.25) is 10.0 Å². The summed E-state index contributed by atoms with van der Waals surface area (Å²) in [6.07, 6.45) is 7.39. The molecule has 1 aromatic carbocycles. The molecule has 1 aliphatic rings. The second-order valence-electron chi connectivity index (χ2n) is 5.11. The molecule has 98 valence electrons. The molecule has 0 spiro atoms. The Hall–Kier alpha value is -0.500. The maximum absolute atomic E-state index is 6.40. The summed E-state index contributed by atoms with van der Waals surface area (Å²) in [5.41, 5.74) is 7.73. The maximum atomic E-state index is 6.40. The van der Waals surface area contributed by atoms with Crippen molar-refractivity contribution in [3.05, 3.63) is 46.5 Å². The number of hydrogen-bond acceptors (Lipinski definition) is 1. The topological polar surface area (TPSA) is 26.0 Å². The van der Waals surface area contributed by atoms with Gasteiger partial charge in [0.15, 0.2) is 0 Å². The predicted molar refractivity (Wildman–Crippen MR) is 79.4 cm³/mol. The fourth-order valence-electron chi connectivity index (χ4n) is 2.81. The minimum absolute atomic E-state index is 0.0945. The van der Waals surface area contributed by atoms with Gasteiger partial charge in [0.2, 0.25) is 0 Å². The SMILES string of the molecule is C=CCCC(N)C1(c2ccc(Cl)c(Cl)c2)CCC1. The Morgan fingerprint density at radius 1 is 1.33 bits per heavy atom. The highest BCUT2D eigenvalue weighted by molar-refractivity contribution is 6.42. The van der Waals surface area contributed by atoms with E-state index in [0.29, 0.717) is 10.0 Å². The van der Waals surface area contributed by atoms with E-state index in [9.17, 15) is 0 Å². The van der Waals surface area contributed by atoms with E-state index in [-0.39, 0.29) is 11.5 Å². The van der Waals surface area contributed by atoms with Crippen LogP contribution in [0.5, 0.6) is 0 Å². The number of rotatable bonds is 5. The van der Waals surface area contributed by atoms with Crippen LogP contribution in [0.25, 0.3) is 0 Å². The lowest BCUT2D eigenvalue weighted by atomic mass is 9.59. The van der Waals surface area contributed by atoms with Crippen LogP contribution in [0.3, 0.4) is 0 Å². The van der Waals surface area contributed by atoms with Crippen LogP contribution in [0.1, 0.15) is 37.7 Å². The maximum Gasteiger partial charge on any atom is 0.0595 e. The monoisotopic (exact) mass is 283 g/mol. The zero-order chi connectivity index (χ0) is 13.2. The van der Waals surface area contributed by atoms with Gasteiger partial charge in [-0.25, -0.2) is 0 Å². The molecule has 3 heteroatoms. The van der Waals surface area contributed by atoms with Crippen LogP contribution in [-0.2, 0) is 5.41 Å². The molecular formula is C15H19Cl2N. The molecule has 0 saturated heterocycles. The minimum atomic E-state index is 0.0945. The van der Waals surface area contributed by atoms with E-state index in [1.54, 1.807) is 0 Å². The normalized spacial score (nSPS) is 19.1. The Bertz CT molecular complexity index is 438. The molecule has 0 aromatic heterocycles. The second kappa shape index (κ2) is 5.64. The molecule has 0 heterocycles. The van der Waals surface area contributed by atoms with Gasteiger partial charge in [0.05, 0.1) is 10.0 Å². The molecule has 2 rings (SSSR count). The van der Waals surface area contributed by atoms with Crippen molar-refractivity contribution in [2.75, 3.05) is 0 Å². The third-order valence-corrected chi connectivity index (χ3v) is 4.87. The van der Waals surface area contributed by atoms with Crippen molar-refractivity contribution in [3.8, 4) is 0 Å². The van der Waals surface area contributed by atoms with E-state index >= 15 is 0 Å².